The quantitative estimate of drug-likeness (QED) is 0.420. The number of carbonyl (C=O) groups is 1. The van der Waals surface area contributed by atoms with Gasteiger partial charge in [-0.1, -0.05) is 12.1 Å². The van der Waals surface area contributed by atoms with Gasteiger partial charge in [0.25, 0.3) is 5.91 Å². The molecule has 2 aromatic carbocycles. The Morgan fingerprint density at radius 3 is 2.57 bits per heavy atom. The number of likely N-dealkylation sites (N-methyl/N-ethyl adjacent to an activating group) is 1. The Morgan fingerprint density at radius 2 is 1.84 bits per heavy atom. The minimum absolute atomic E-state index is 0.0190. The lowest BCUT2D eigenvalue weighted by Gasteiger charge is -2.32. The van der Waals surface area contributed by atoms with Crippen molar-refractivity contribution in [1.82, 2.24) is 19.8 Å². The Kier molecular flexibility index (Phi) is 6.41. The van der Waals surface area contributed by atoms with Crippen molar-refractivity contribution in [2.24, 2.45) is 0 Å². The lowest BCUT2D eigenvalue weighted by molar-refractivity contribution is 0.0664. The first-order chi connectivity index (χ1) is 17.7. The second kappa shape index (κ2) is 9.69. The Hall–Kier alpha value is -4.20. The first-order valence-electron chi connectivity index (χ1n) is 11.8. The van der Waals surface area contributed by atoms with Crippen LogP contribution in [-0.4, -0.2) is 73.6 Å². The molecular weight excluding hydrogens is 488 g/mol. The minimum atomic E-state index is -3.51. The van der Waals surface area contributed by atoms with E-state index in [1.807, 2.05) is 35.2 Å². The molecule has 3 heterocycles. The van der Waals surface area contributed by atoms with Gasteiger partial charge in [-0.05, 0) is 54.6 Å². The number of fused-ring (bicyclic) bond motifs is 1. The third-order valence-electron chi connectivity index (χ3n) is 6.44. The van der Waals surface area contributed by atoms with E-state index in [9.17, 15) is 18.5 Å². The molecule has 37 heavy (non-hydrogen) atoms. The van der Waals surface area contributed by atoms with Crippen molar-refractivity contribution in [3.8, 4) is 28.3 Å². The zero-order valence-electron chi connectivity index (χ0n) is 20.5. The smallest absolute Gasteiger partial charge is 0.253 e. The maximum atomic E-state index is 13.1. The summed E-state index contributed by atoms with van der Waals surface area (Å²) in [4.78, 5) is 24.9. The van der Waals surface area contributed by atoms with Crippen LogP contribution >= 0.6 is 0 Å². The van der Waals surface area contributed by atoms with Gasteiger partial charge in [0.05, 0.1) is 23.6 Å². The lowest BCUT2D eigenvalue weighted by atomic mass is 9.99. The van der Waals surface area contributed by atoms with Crippen molar-refractivity contribution in [2.75, 3.05) is 44.2 Å². The second-order valence-electron chi connectivity index (χ2n) is 9.28. The SMILES string of the molecule is CN1CCN(C(=O)c2cccc(-c3cnc4[nH]cc(-c5cc(C#N)cc(NS(C)(=O)=O)c5)c4c3)c2)CC1. The van der Waals surface area contributed by atoms with Crippen molar-refractivity contribution in [1.29, 1.82) is 5.26 Å². The minimum Gasteiger partial charge on any atom is -0.346 e. The number of H-pyrrole nitrogens is 1. The van der Waals surface area contributed by atoms with Gasteiger partial charge in [0.2, 0.25) is 10.0 Å². The third-order valence-corrected chi connectivity index (χ3v) is 7.05. The van der Waals surface area contributed by atoms with E-state index in [1.54, 1.807) is 24.5 Å². The van der Waals surface area contributed by atoms with Crippen LogP contribution in [0.1, 0.15) is 15.9 Å². The highest BCUT2D eigenvalue weighted by Gasteiger charge is 2.21. The number of anilines is 1. The van der Waals surface area contributed by atoms with E-state index in [-0.39, 0.29) is 5.91 Å². The molecule has 9 nitrogen and oxygen atoms in total. The van der Waals surface area contributed by atoms with E-state index in [1.165, 1.54) is 6.07 Å². The van der Waals surface area contributed by atoms with Gasteiger partial charge in [-0.25, -0.2) is 13.4 Å². The average molecular weight is 515 g/mol. The number of rotatable bonds is 5. The molecular formula is C27H26N6O3S. The number of sulfonamides is 1. The van der Waals surface area contributed by atoms with Crippen LogP contribution in [0.15, 0.2) is 60.9 Å². The van der Waals surface area contributed by atoms with E-state index in [4.69, 9.17) is 0 Å². The van der Waals surface area contributed by atoms with Gasteiger partial charge in [0.1, 0.15) is 5.65 Å². The molecule has 0 atom stereocenters. The van der Waals surface area contributed by atoms with Crippen LogP contribution in [0.2, 0.25) is 0 Å². The van der Waals surface area contributed by atoms with E-state index in [2.05, 4.69) is 32.7 Å². The molecule has 1 aliphatic rings. The van der Waals surface area contributed by atoms with Gasteiger partial charge in [0, 0.05) is 60.6 Å². The molecule has 2 aromatic heterocycles. The summed E-state index contributed by atoms with van der Waals surface area (Å²) in [6.07, 6.45) is 4.61. The number of aromatic nitrogens is 2. The summed E-state index contributed by atoms with van der Waals surface area (Å²) in [5.41, 5.74) is 5.09. The lowest BCUT2D eigenvalue weighted by Crippen LogP contribution is -2.47. The molecule has 0 bridgehead atoms. The monoisotopic (exact) mass is 514 g/mol. The topological polar surface area (TPSA) is 122 Å². The van der Waals surface area contributed by atoms with E-state index < -0.39 is 10.0 Å². The maximum absolute atomic E-state index is 13.1. The van der Waals surface area contributed by atoms with Crippen molar-refractivity contribution in [2.45, 2.75) is 0 Å². The average Bonchev–Trinajstić information content (AvgIpc) is 3.31. The Bertz CT molecular complexity index is 1650. The van der Waals surface area contributed by atoms with Crippen molar-refractivity contribution >= 4 is 32.7 Å². The van der Waals surface area contributed by atoms with Crippen molar-refractivity contribution in [3.63, 3.8) is 0 Å². The summed E-state index contributed by atoms with van der Waals surface area (Å²) >= 11 is 0. The maximum Gasteiger partial charge on any atom is 0.253 e. The van der Waals surface area contributed by atoms with Gasteiger partial charge in [-0.15, -0.1) is 0 Å². The molecule has 0 radical (unpaired) electrons. The highest BCUT2D eigenvalue weighted by atomic mass is 32.2. The predicted molar refractivity (Wildman–Crippen MR) is 144 cm³/mol. The van der Waals surface area contributed by atoms with Crippen LogP contribution < -0.4 is 4.72 Å². The standard InChI is InChI=1S/C27H26N6O3S/c1-32-6-8-33(9-7-32)27(34)20-5-3-4-19(12-20)22-14-24-25(17-30-26(24)29-16-22)21-10-18(15-28)11-23(13-21)31-37(2,35)36/h3-5,10-14,16-17,31H,6-9H2,1-2H3,(H,29,30). The molecule has 0 aliphatic carbocycles. The molecule has 188 valence electrons. The number of pyridine rings is 1. The summed E-state index contributed by atoms with van der Waals surface area (Å²) in [6, 6.07) is 16.5. The number of hydrogen-bond donors (Lipinski definition) is 2. The predicted octanol–water partition coefficient (Wildman–Crippen LogP) is 3.53. The van der Waals surface area contributed by atoms with E-state index >= 15 is 0 Å². The van der Waals surface area contributed by atoms with E-state index in [0.717, 1.165) is 41.4 Å². The number of benzene rings is 2. The number of nitriles is 1. The Labute approximate surface area is 215 Å². The fourth-order valence-electron chi connectivity index (χ4n) is 4.54. The van der Waals surface area contributed by atoms with Crippen LogP contribution in [0, 0.1) is 11.3 Å². The van der Waals surface area contributed by atoms with Gasteiger partial charge in [0.15, 0.2) is 0 Å². The Morgan fingerprint density at radius 1 is 1.05 bits per heavy atom. The molecule has 1 amide bonds. The molecule has 1 saturated heterocycles. The van der Waals surface area contributed by atoms with Gasteiger partial charge < -0.3 is 14.8 Å². The number of carbonyl (C=O) groups excluding carboxylic acids is 1. The molecule has 2 N–H and O–H groups in total. The summed E-state index contributed by atoms with van der Waals surface area (Å²) < 4.78 is 26.0. The van der Waals surface area contributed by atoms with Crippen LogP contribution in [0.4, 0.5) is 5.69 Å². The van der Waals surface area contributed by atoms with Crippen molar-refractivity contribution < 1.29 is 13.2 Å². The second-order valence-corrected chi connectivity index (χ2v) is 11.0. The molecule has 1 aliphatic heterocycles. The van der Waals surface area contributed by atoms with Gasteiger partial charge >= 0.3 is 0 Å². The normalized spacial score (nSPS) is 14.5. The van der Waals surface area contributed by atoms with E-state index in [0.29, 0.717) is 41.1 Å². The summed E-state index contributed by atoms with van der Waals surface area (Å²) in [5.74, 6) is 0.0190. The van der Waals surface area contributed by atoms with Crippen LogP contribution in [-0.2, 0) is 10.0 Å². The molecule has 10 heteroatoms. The zero-order chi connectivity index (χ0) is 26.2. The fourth-order valence-corrected chi connectivity index (χ4v) is 5.09. The first-order valence-corrected chi connectivity index (χ1v) is 13.7. The van der Waals surface area contributed by atoms with Crippen LogP contribution in [0.25, 0.3) is 33.3 Å². The fraction of sp³-hybridized carbons (Fsp3) is 0.222. The zero-order valence-corrected chi connectivity index (χ0v) is 21.3. The molecule has 0 spiro atoms. The highest BCUT2D eigenvalue weighted by molar-refractivity contribution is 7.92. The van der Waals surface area contributed by atoms with Gasteiger partial charge in [-0.2, -0.15) is 5.26 Å². The number of nitrogens with zero attached hydrogens (tertiary/aromatic N) is 4. The molecule has 0 saturated carbocycles. The van der Waals surface area contributed by atoms with Crippen LogP contribution in [0.5, 0.6) is 0 Å². The van der Waals surface area contributed by atoms with Gasteiger partial charge in [-0.3, -0.25) is 9.52 Å². The summed E-state index contributed by atoms with van der Waals surface area (Å²) in [6.45, 7) is 3.13. The molecule has 0 unspecified atom stereocenters. The molecule has 5 rings (SSSR count). The number of hydrogen-bond acceptors (Lipinski definition) is 6. The summed E-state index contributed by atoms with van der Waals surface area (Å²) in [7, 11) is -1.45. The molecule has 1 fully saturated rings. The van der Waals surface area contributed by atoms with Crippen molar-refractivity contribution in [3.05, 3.63) is 72.1 Å². The third kappa shape index (κ3) is 5.33. The largest absolute Gasteiger partial charge is 0.346 e. The number of piperazine rings is 1. The Balaban J connectivity index is 1.51. The van der Waals surface area contributed by atoms with Crippen LogP contribution in [0.3, 0.4) is 0 Å². The number of aromatic amines is 1. The summed E-state index contributed by atoms with van der Waals surface area (Å²) in [5, 5.41) is 10.3. The number of nitrogens with one attached hydrogen (secondary N) is 2. The highest BCUT2D eigenvalue weighted by Crippen LogP contribution is 2.33. The number of amides is 1. The molecule has 4 aromatic rings. The first kappa shape index (κ1) is 24.5.